The summed E-state index contributed by atoms with van der Waals surface area (Å²) in [5, 5.41) is 12.8. The second-order valence-corrected chi connectivity index (χ2v) is 5.41. The molecule has 0 aromatic carbocycles. The van der Waals surface area contributed by atoms with Crippen molar-refractivity contribution in [2.24, 2.45) is 5.92 Å². The van der Waals surface area contributed by atoms with Crippen LogP contribution in [0.5, 0.6) is 0 Å². The Bertz CT molecular complexity index is 411. The fourth-order valence-corrected chi connectivity index (χ4v) is 2.32. The van der Waals surface area contributed by atoms with Gasteiger partial charge in [-0.1, -0.05) is 22.9 Å². The van der Waals surface area contributed by atoms with E-state index in [0.29, 0.717) is 10.0 Å². The van der Waals surface area contributed by atoms with E-state index in [-0.39, 0.29) is 5.15 Å². The standard InChI is InChI=1S/C11H14ClN3OS/c12-10-9(6-13)17-11(15-10)14-4-1-5-16-7-8-2-3-8/h8H,1-5,7H2,(H,14,15). The number of rotatable bonds is 7. The summed E-state index contributed by atoms with van der Waals surface area (Å²) >= 11 is 7.04. The number of nitrogens with one attached hydrogen (secondary N) is 1. The highest BCUT2D eigenvalue weighted by Gasteiger charge is 2.20. The molecule has 0 amide bonds. The first-order valence-electron chi connectivity index (χ1n) is 5.67. The molecule has 0 aliphatic heterocycles. The molecular weight excluding hydrogens is 258 g/mol. The van der Waals surface area contributed by atoms with Crippen molar-refractivity contribution in [1.29, 1.82) is 5.26 Å². The lowest BCUT2D eigenvalue weighted by Gasteiger charge is -2.03. The Morgan fingerprint density at radius 1 is 1.59 bits per heavy atom. The number of ether oxygens (including phenoxy) is 1. The molecule has 0 saturated heterocycles. The van der Waals surface area contributed by atoms with Gasteiger partial charge < -0.3 is 10.1 Å². The Morgan fingerprint density at radius 3 is 3.06 bits per heavy atom. The number of aromatic nitrogens is 1. The predicted molar refractivity (Wildman–Crippen MR) is 68.5 cm³/mol. The van der Waals surface area contributed by atoms with E-state index >= 15 is 0 Å². The molecule has 1 aromatic rings. The molecule has 4 nitrogen and oxygen atoms in total. The van der Waals surface area contributed by atoms with Gasteiger partial charge in [0.05, 0.1) is 0 Å². The van der Waals surface area contributed by atoms with Crippen molar-refractivity contribution < 1.29 is 4.74 Å². The summed E-state index contributed by atoms with van der Waals surface area (Å²) in [6, 6.07) is 2.01. The molecule has 1 N–H and O–H groups in total. The van der Waals surface area contributed by atoms with Crippen molar-refractivity contribution in [2.75, 3.05) is 25.1 Å². The summed E-state index contributed by atoms with van der Waals surface area (Å²) in [6.07, 6.45) is 3.59. The van der Waals surface area contributed by atoms with Crippen molar-refractivity contribution in [3.8, 4) is 6.07 Å². The van der Waals surface area contributed by atoms with Gasteiger partial charge in [0.25, 0.3) is 0 Å². The molecule has 0 unspecified atom stereocenters. The summed E-state index contributed by atoms with van der Waals surface area (Å²) in [6.45, 7) is 2.47. The van der Waals surface area contributed by atoms with Gasteiger partial charge in [0.15, 0.2) is 10.3 Å². The lowest BCUT2D eigenvalue weighted by Crippen LogP contribution is -2.06. The molecule has 1 aromatic heterocycles. The second kappa shape index (κ2) is 6.20. The first-order valence-corrected chi connectivity index (χ1v) is 6.87. The van der Waals surface area contributed by atoms with Gasteiger partial charge in [-0.05, 0) is 25.2 Å². The van der Waals surface area contributed by atoms with Crippen molar-refractivity contribution >= 4 is 28.1 Å². The van der Waals surface area contributed by atoms with E-state index < -0.39 is 0 Å². The average Bonchev–Trinajstić information content (AvgIpc) is 3.07. The fourth-order valence-electron chi connectivity index (χ4n) is 1.35. The summed E-state index contributed by atoms with van der Waals surface area (Å²) in [5.74, 6) is 0.818. The Kier molecular flexibility index (Phi) is 4.60. The zero-order chi connectivity index (χ0) is 12.1. The first-order chi connectivity index (χ1) is 8.29. The third-order valence-corrected chi connectivity index (χ3v) is 3.78. The van der Waals surface area contributed by atoms with Gasteiger partial charge in [0.2, 0.25) is 0 Å². The summed E-state index contributed by atoms with van der Waals surface area (Å²) in [7, 11) is 0. The van der Waals surface area contributed by atoms with Crippen LogP contribution in [0.25, 0.3) is 0 Å². The normalized spacial score (nSPS) is 14.6. The molecule has 0 radical (unpaired) electrons. The highest BCUT2D eigenvalue weighted by atomic mass is 35.5. The summed E-state index contributed by atoms with van der Waals surface area (Å²) in [4.78, 5) is 4.50. The van der Waals surface area contributed by atoms with E-state index in [1.165, 1.54) is 24.2 Å². The molecule has 1 aliphatic carbocycles. The smallest absolute Gasteiger partial charge is 0.185 e. The van der Waals surface area contributed by atoms with Gasteiger partial charge in [0.1, 0.15) is 10.9 Å². The largest absolute Gasteiger partial charge is 0.381 e. The molecule has 2 rings (SSSR count). The quantitative estimate of drug-likeness (QED) is 0.775. The van der Waals surface area contributed by atoms with Crippen molar-refractivity contribution in [1.82, 2.24) is 4.98 Å². The fraction of sp³-hybridized carbons (Fsp3) is 0.636. The maximum absolute atomic E-state index is 8.72. The number of nitriles is 1. The van der Waals surface area contributed by atoms with Crippen LogP contribution in [0, 0.1) is 17.2 Å². The van der Waals surface area contributed by atoms with Gasteiger partial charge in [-0.2, -0.15) is 5.26 Å². The van der Waals surface area contributed by atoms with Gasteiger partial charge in [-0.3, -0.25) is 0 Å². The van der Waals surface area contributed by atoms with Crippen molar-refractivity contribution in [3.05, 3.63) is 10.0 Å². The number of anilines is 1. The van der Waals surface area contributed by atoms with Gasteiger partial charge in [-0.25, -0.2) is 4.98 Å². The average molecular weight is 272 g/mol. The zero-order valence-corrected chi connectivity index (χ0v) is 11.0. The van der Waals surface area contributed by atoms with Crippen LogP contribution < -0.4 is 5.32 Å². The molecule has 0 atom stereocenters. The number of thiazole rings is 1. The van der Waals surface area contributed by atoms with Crippen LogP contribution in [-0.2, 0) is 4.74 Å². The van der Waals surface area contributed by atoms with E-state index in [4.69, 9.17) is 21.6 Å². The maximum Gasteiger partial charge on any atom is 0.185 e. The van der Waals surface area contributed by atoms with E-state index in [9.17, 15) is 0 Å². The molecule has 6 heteroatoms. The Morgan fingerprint density at radius 2 is 2.41 bits per heavy atom. The third-order valence-electron chi connectivity index (χ3n) is 2.48. The lowest BCUT2D eigenvalue weighted by molar-refractivity contribution is 0.124. The minimum Gasteiger partial charge on any atom is -0.381 e. The van der Waals surface area contributed by atoms with Gasteiger partial charge in [-0.15, -0.1) is 0 Å². The van der Waals surface area contributed by atoms with Crippen molar-refractivity contribution in [2.45, 2.75) is 19.3 Å². The van der Waals surface area contributed by atoms with Crippen LogP contribution in [0.1, 0.15) is 24.1 Å². The molecule has 92 valence electrons. The first kappa shape index (κ1) is 12.6. The highest BCUT2D eigenvalue weighted by Crippen LogP contribution is 2.28. The molecule has 1 aliphatic rings. The Balaban J connectivity index is 1.58. The number of halogens is 1. The third kappa shape index (κ3) is 4.15. The SMILES string of the molecule is N#Cc1sc(NCCCOCC2CC2)nc1Cl. The van der Waals surface area contributed by atoms with Crippen molar-refractivity contribution in [3.63, 3.8) is 0 Å². The van der Waals surface area contributed by atoms with Crippen LogP contribution in [0.15, 0.2) is 0 Å². The number of nitrogens with zero attached hydrogens (tertiary/aromatic N) is 2. The zero-order valence-electron chi connectivity index (χ0n) is 9.41. The molecule has 1 saturated carbocycles. The van der Waals surface area contributed by atoms with E-state index in [0.717, 1.165) is 32.1 Å². The Labute approximate surface area is 110 Å². The van der Waals surface area contributed by atoms with Crippen LogP contribution in [0.4, 0.5) is 5.13 Å². The van der Waals surface area contributed by atoms with Crippen LogP contribution in [0.3, 0.4) is 0 Å². The molecule has 0 spiro atoms. The number of hydrogen-bond acceptors (Lipinski definition) is 5. The van der Waals surface area contributed by atoms with Crippen LogP contribution in [0.2, 0.25) is 5.15 Å². The summed E-state index contributed by atoms with van der Waals surface area (Å²) < 4.78 is 5.51. The molecule has 1 fully saturated rings. The maximum atomic E-state index is 8.72. The Hall–Kier alpha value is -0.830. The van der Waals surface area contributed by atoms with Gasteiger partial charge >= 0.3 is 0 Å². The van der Waals surface area contributed by atoms with E-state index in [2.05, 4.69) is 10.3 Å². The van der Waals surface area contributed by atoms with Gasteiger partial charge in [0, 0.05) is 19.8 Å². The molecule has 17 heavy (non-hydrogen) atoms. The topological polar surface area (TPSA) is 57.9 Å². The monoisotopic (exact) mass is 271 g/mol. The predicted octanol–water partition coefficient (Wildman–Crippen LogP) is 2.90. The van der Waals surface area contributed by atoms with Crippen LogP contribution in [-0.4, -0.2) is 24.7 Å². The minimum atomic E-state index is 0.282. The second-order valence-electron chi connectivity index (χ2n) is 4.05. The number of hydrogen-bond donors (Lipinski definition) is 1. The van der Waals surface area contributed by atoms with E-state index in [1.54, 1.807) is 0 Å². The summed E-state index contributed by atoms with van der Waals surface area (Å²) in [5.41, 5.74) is 0. The molecular formula is C11H14ClN3OS. The minimum absolute atomic E-state index is 0.282. The van der Waals surface area contributed by atoms with E-state index in [1.807, 2.05) is 6.07 Å². The lowest BCUT2D eigenvalue weighted by atomic mass is 10.4. The molecule has 1 heterocycles. The highest BCUT2D eigenvalue weighted by molar-refractivity contribution is 7.16. The van der Waals surface area contributed by atoms with Crippen LogP contribution >= 0.6 is 22.9 Å². The molecule has 0 bridgehead atoms.